The first-order chi connectivity index (χ1) is 14.0. The van der Waals surface area contributed by atoms with Crippen LogP contribution in [-0.2, 0) is 22.7 Å². The molecular formula is C21H20FN3O4. The molecule has 1 amide bonds. The number of imidazole rings is 1. The number of carbonyl (C=O) groups excluding carboxylic acids is 1. The van der Waals surface area contributed by atoms with Gasteiger partial charge in [0, 0.05) is 13.0 Å². The highest BCUT2D eigenvalue weighted by molar-refractivity contribution is 5.84. The molecule has 1 aromatic heterocycles. The SMILES string of the molecule is O=C(Cn1c(COc2ccccc2)nc2ccccc21)N1CCC(F)(C(=O)O)C1. The molecule has 1 saturated heterocycles. The van der Waals surface area contributed by atoms with Gasteiger partial charge in [-0.15, -0.1) is 0 Å². The largest absolute Gasteiger partial charge is 0.486 e. The second kappa shape index (κ2) is 7.54. The van der Waals surface area contributed by atoms with Gasteiger partial charge >= 0.3 is 5.97 Å². The van der Waals surface area contributed by atoms with Crippen molar-refractivity contribution < 1.29 is 23.8 Å². The summed E-state index contributed by atoms with van der Waals surface area (Å²) in [7, 11) is 0. The number of carboxylic acid groups (broad SMARTS) is 1. The zero-order chi connectivity index (χ0) is 20.4. The highest BCUT2D eigenvalue weighted by Gasteiger charge is 2.46. The molecule has 0 spiro atoms. The van der Waals surface area contributed by atoms with Crippen molar-refractivity contribution in [2.24, 2.45) is 0 Å². The molecule has 1 aliphatic rings. The Balaban J connectivity index is 1.56. The molecule has 7 nitrogen and oxygen atoms in total. The molecule has 2 heterocycles. The van der Waals surface area contributed by atoms with Gasteiger partial charge in [0.25, 0.3) is 0 Å². The Hall–Kier alpha value is -3.42. The number of likely N-dealkylation sites (tertiary alicyclic amines) is 1. The molecule has 0 saturated carbocycles. The molecule has 150 valence electrons. The van der Waals surface area contributed by atoms with Crippen LogP contribution < -0.4 is 4.74 Å². The van der Waals surface area contributed by atoms with Gasteiger partial charge in [-0.1, -0.05) is 30.3 Å². The van der Waals surface area contributed by atoms with E-state index in [1.54, 1.807) is 4.57 Å². The zero-order valence-corrected chi connectivity index (χ0v) is 15.6. The first-order valence-electron chi connectivity index (χ1n) is 9.28. The van der Waals surface area contributed by atoms with Crippen LogP contribution in [0.25, 0.3) is 11.0 Å². The third-order valence-electron chi connectivity index (χ3n) is 5.09. The Morgan fingerprint density at radius 2 is 1.86 bits per heavy atom. The summed E-state index contributed by atoms with van der Waals surface area (Å²) >= 11 is 0. The predicted octanol–water partition coefficient (Wildman–Crippen LogP) is 2.64. The third-order valence-corrected chi connectivity index (χ3v) is 5.09. The van der Waals surface area contributed by atoms with E-state index in [1.165, 1.54) is 4.90 Å². The Morgan fingerprint density at radius 3 is 2.59 bits per heavy atom. The van der Waals surface area contributed by atoms with Crippen LogP contribution in [0.15, 0.2) is 54.6 Å². The zero-order valence-electron chi connectivity index (χ0n) is 15.6. The fourth-order valence-corrected chi connectivity index (χ4v) is 3.47. The van der Waals surface area contributed by atoms with Crippen LogP contribution >= 0.6 is 0 Å². The highest BCUT2D eigenvalue weighted by atomic mass is 19.1. The Kier molecular flexibility index (Phi) is 4.92. The van der Waals surface area contributed by atoms with Crippen LogP contribution in [0.4, 0.5) is 4.39 Å². The number of hydrogen-bond acceptors (Lipinski definition) is 4. The average Bonchev–Trinajstić information content (AvgIpc) is 3.29. The number of nitrogens with zero attached hydrogens (tertiary/aromatic N) is 3. The van der Waals surface area contributed by atoms with Crippen molar-refractivity contribution in [3.05, 3.63) is 60.4 Å². The van der Waals surface area contributed by atoms with Crippen molar-refractivity contribution in [1.82, 2.24) is 14.5 Å². The second-order valence-electron chi connectivity index (χ2n) is 7.04. The molecular weight excluding hydrogens is 377 g/mol. The number of halogens is 1. The van der Waals surface area contributed by atoms with Crippen LogP contribution in [-0.4, -0.2) is 50.2 Å². The maximum absolute atomic E-state index is 14.3. The fourth-order valence-electron chi connectivity index (χ4n) is 3.47. The summed E-state index contributed by atoms with van der Waals surface area (Å²) in [6.07, 6.45) is -0.206. The normalized spacial score (nSPS) is 18.9. The minimum atomic E-state index is -2.38. The van der Waals surface area contributed by atoms with E-state index in [4.69, 9.17) is 9.84 Å². The monoisotopic (exact) mass is 397 g/mol. The average molecular weight is 397 g/mol. The smallest absolute Gasteiger partial charge is 0.343 e. The standard InChI is InChI=1S/C21H20FN3O4/c22-21(20(27)28)10-11-24(14-21)19(26)12-25-17-9-5-4-8-16(17)23-18(25)13-29-15-6-2-1-3-7-15/h1-9H,10-14H2,(H,27,28). The van der Waals surface area contributed by atoms with Crippen molar-refractivity contribution in [3.8, 4) is 5.75 Å². The van der Waals surface area contributed by atoms with E-state index in [1.807, 2.05) is 54.6 Å². The molecule has 0 aliphatic carbocycles. The summed E-state index contributed by atoms with van der Waals surface area (Å²) in [4.78, 5) is 29.7. The molecule has 0 bridgehead atoms. The van der Waals surface area contributed by atoms with Gasteiger partial charge in [-0.05, 0) is 24.3 Å². The Labute approximate surface area is 166 Å². The summed E-state index contributed by atoms with van der Waals surface area (Å²) in [5, 5.41) is 9.05. The molecule has 3 aromatic rings. The fraction of sp³-hybridized carbons (Fsp3) is 0.286. The van der Waals surface area contributed by atoms with E-state index < -0.39 is 18.2 Å². The minimum Gasteiger partial charge on any atom is -0.486 e. The van der Waals surface area contributed by atoms with Gasteiger partial charge in [-0.2, -0.15) is 0 Å². The third kappa shape index (κ3) is 3.78. The van der Waals surface area contributed by atoms with Crippen LogP contribution in [0.3, 0.4) is 0 Å². The lowest BCUT2D eigenvalue weighted by molar-refractivity contribution is -0.150. The summed E-state index contributed by atoms with van der Waals surface area (Å²) in [6.45, 7) is -0.272. The maximum Gasteiger partial charge on any atom is 0.343 e. The van der Waals surface area contributed by atoms with E-state index in [-0.39, 0.29) is 32.0 Å². The quantitative estimate of drug-likeness (QED) is 0.691. The molecule has 1 fully saturated rings. The minimum absolute atomic E-state index is 0.0658. The number of carboxylic acids is 1. The first-order valence-corrected chi connectivity index (χ1v) is 9.28. The lowest BCUT2D eigenvalue weighted by atomic mass is 10.1. The first kappa shape index (κ1) is 18.9. The number of para-hydroxylation sites is 3. The number of fused-ring (bicyclic) bond motifs is 1. The number of benzene rings is 2. The molecule has 4 rings (SSSR count). The number of hydrogen-bond donors (Lipinski definition) is 1. The van der Waals surface area contributed by atoms with Crippen molar-refractivity contribution in [1.29, 1.82) is 0 Å². The highest BCUT2D eigenvalue weighted by Crippen LogP contribution is 2.27. The number of aromatic nitrogens is 2. The van der Waals surface area contributed by atoms with E-state index in [0.717, 1.165) is 11.0 Å². The number of rotatable bonds is 6. The summed E-state index contributed by atoms with van der Waals surface area (Å²) in [5.41, 5.74) is -0.901. The molecule has 2 aromatic carbocycles. The van der Waals surface area contributed by atoms with Crippen molar-refractivity contribution in [2.75, 3.05) is 13.1 Å². The molecule has 1 N–H and O–H groups in total. The summed E-state index contributed by atoms with van der Waals surface area (Å²) < 4.78 is 21.9. The molecule has 1 aliphatic heterocycles. The van der Waals surface area contributed by atoms with Gasteiger partial charge in [0.1, 0.15) is 24.7 Å². The number of carbonyl (C=O) groups is 2. The van der Waals surface area contributed by atoms with Crippen molar-refractivity contribution in [3.63, 3.8) is 0 Å². The lowest BCUT2D eigenvalue weighted by Crippen LogP contribution is -2.40. The van der Waals surface area contributed by atoms with Gasteiger partial charge in [-0.25, -0.2) is 14.2 Å². The molecule has 1 unspecified atom stereocenters. The number of aliphatic carboxylic acids is 1. The van der Waals surface area contributed by atoms with Gasteiger partial charge < -0.3 is 19.3 Å². The van der Waals surface area contributed by atoms with Gasteiger partial charge in [0.2, 0.25) is 11.6 Å². The second-order valence-corrected chi connectivity index (χ2v) is 7.04. The van der Waals surface area contributed by atoms with E-state index >= 15 is 0 Å². The van der Waals surface area contributed by atoms with Crippen molar-refractivity contribution in [2.45, 2.75) is 25.2 Å². The van der Waals surface area contributed by atoms with Crippen molar-refractivity contribution >= 4 is 22.9 Å². The summed E-state index contributed by atoms with van der Waals surface area (Å²) in [6, 6.07) is 16.7. The molecule has 1 atom stereocenters. The topological polar surface area (TPSA) is 84.7 Å². The maximum atomic E-state index is 14.3. The van der Waals surface area contributed by atoms with E-state index in [2.05, 4.69) is 4.98 Å². The van der Waals surface area contributed by atoms with Gasteiger partial charge in [-0.3, -0.25) is 4.79 Å². The molecule has 29 heavy (non-hydrogen) atoms. The van der Waals surface area contributed by atoms with E-state index in [9.17, 15) is 14.0 Å². The number of ether oxygens (including phenoxy) is 1. The predicted molar refractivity (Wildman–Crippen MR) is 103 cm³/mol. The Morgan fingerprint density at radius 1 is 1.14 bits per heavy atom. The number of amides is 1. The van der Waals surface area contributed by atoms with Crippen LogP contribution in [0, 0.1) is 0 Å². The van der Waals surface area contributed by atoms with Gasteiger partial charge in [0.15, 0.2) is 0 Å². The van der Waals surface area contributed by atoms with E-state index in [0.29, 0.717) is 11.6 Å². The van der Waals surface area contributed by atoms with Crippen LogP contribution in [0.1, 0.15) is 12.2 Å². The van der Waals surface area contributed by atoms with Crippen LogP contribution in [0.2, 0.25) is 0 Å². The van der Waals surface area contributed by atoms with Gasteiger partial charge in [0.05, 0.1) is 17.6 Å². The Bertz CT molecular complexity index is 1050. The molecule has 0 radical (unpaired) electrons. The lowest BCUT2D eigenvalue weighted by Gasteiger charge is -2.19. The number of alkyl halides is 1. The molecule has 8 heteroatoms. The van der Waals surface area contributed by atoms with Crippen LogP contribution in [0.5, 0.6) is 5.75 Å². The summed E-state index contributed by atoms with van der Waals surface area (Å²) in [5.74, 6) is -0.638.